The predicted octanol–water partition coefficient (Wildman–Crippen LogP) is 1.00. The van der Waals surface area contributed by atoms with E-state index in [1.54, 1.807) is 10.7 Å². The summed E-state index contributed by atoms with van der Waals surface area (Å²) in [5.41, 5.74) is 8.13. The van der Waals surface area contributed by atoms with Crippen LogP contribution in [0.3, 0.4) is 0 Å². The number of carbonyl (C=O) groups excluding carboxylic acids is 1. The molecule has 0 saturated heterocycles. The van der Waals surface area contributed by atoms with Crippen LogP contribution in [-0.2, 0) is 11.8 Å². The largest absolute Gasteiger partial charge is 0.482 e. The van der Waals surface area contributed by atoms with Crippen LogP contribution in [0, 0.1) is 0 Å². The molecule has 18 heavy (non-hydrogen) atoms. The van der Waals surface area contributed by atoms with Crippen molar-refractivity contribution in [2.45, 2.75) is 0 Å². The Bertz CT molecular complexity index is 633. The summed E-state index contributed by atoms with van der Waals surface area (Å²) >= 11 is 0. The molecule has 0 unspecified atom stereocenters. The summed E-state index contributed by atoms with van der Waals surface area (Å²) in [7, 11) is 1.82. The quantitative estimate of drug-likeness (QED) is 0.784. The van der Waals surface area contributed by atoms with Gasteiger partial charge in [-0.05, 0) is 18.2 Å². The van der Waals surface area contributed by atoms with Crippen molar-refractivity contribution in [2.24, 2.45) is 7.05 Å². The zero-order chi connectivity index (χ0) is 12.7. The summed E-state index contributed by atoms with van der Waals surface area (Å²) in [4.78, 5) is 11.3. The molecule has 0 atom stereocenters. The SMILES string of the molecule is Cn1nc(N)cc1-c1ccc2c(c1)NC(=O)CO2. The van der Waals surface area contributed by atoms with E-state index in [1.165, 1.54) is 0 Å². The summed E-state index contributed by atoms with van der Waals surface area (Å²) in [6.07, 6.45) is 0. The van der Waals surface area contributed by atoms with Gasteiger partial charge in [-0.3, -0.25) is 9.48 Å². The van der Waals surface area contributed by atoms with Crippen LogP contribution in [0.4, 0.5) is 11.5 Å². The number of carbonyl (C=O) groups is 1. The Kier molecular flexibility index (Phi) is 2.22. The number of anilines is 2. The van der Waals surface area contributed by atoms with E-state index in [2.05, 4.69) is 10.4 Å². The van der Waals surface area contributed by atoms with Crippen LogP contribution < -0.4 is 15.8 Å². The number of hydrogen-bond acceptors (Lipinski definition) is 4. The normalized spacial score (nSPS) is 13.7. The van der Waals surface area contributed by atoms with Gasteiger partial charge in [0.1, 0.15) is 11.6 Å². The first kappa shape index (κ1) is 10.6. The lowest BCUT2D eigenvalue weighted by Crippen LogP contribution is -2.25. The van der Waals surface area contributed by atoms with Gasteiger partial charge >= 0.3 is 0 Å². The Labute approximate surface area is 103 Å². The third-order valence-electron chi connectivity index (χ3n) is 2.81. The molecule has 1 aromatic heterocycles. The van der Waals surface area contributed by atoms with Gasteiger partial charge in [0, 0.05) is 18.7 Å². The maximum absolute atomic E-state index is 11.3. The number of amides is 1. The third kappa shape index (κ3) is 1.67. The summed E-state index contributed by atoms with van der Waals surface area (Å²) < 4.78 is 7.00. The molecule has 6 heteroatoms. The lowest BCUT2D eigenvalue weighted by atomic mass is 10.1. The number of ether oxygens (including phenoxy) is 1. The number of hydrogen-bond donors (Lipinski definition) is 2. The fraction of sp³-hybridized carbons (Fsp3) is 0.167. The van der Waals surface area contributed by atoms with Crippen molar-refractivity contribution in [3.63, 3.8) is 0 Å². The lowest BCUT2D eigenvalue weighted by Gasteiger charge is -2.18. The van der Waals surface area contributed by atoms with Crippen molar-refractivity contribution >= 4 is 17.4 Å². The Hall–Kier alpha value is -2.50. The second-order valence-corrected chi connectivity index (χ2v) is 4.13. The van der Waals surface area contributed by atoms with Gasteiger partial charge in [-0.2, -0.15) is 5.10 Å². The summed E-state index contributed by atoms with van der Waals surface area (Å²) in [6.45, 7) is 0.0605. The number of nitrogens with one attached hydrogen (secondary N) is 1. The fourth-order valence-electron chi connectivity index (χ4n) is 2.00. The maximum atomic E-state index is 11.3. The summed E-state index contributed by atoms with van der Waals surface area (Å²) in [6, 6.07) is 7.37. The summed E-state index contributed by atoms with van der Waals surface area (Å²) in [5.74, 6) is 0.989. The van der Waals surface area contributed by atoms with Gasteiger partial charge in [0.15, 0.2) is 6.61 Å². The summed E-state index contributed by atoms with van der Waals surface area (Å²) in [5, 5.41) is 6.86. The number of nitrogens with two attached hydrogens (primary N) is 1. The monoisotopic (exact) mass is 244 g/mol. The number of nitrogens with zero attached hydrogens (tertiary/aromatic N) is 2. The Balaban J connectivity index is 2.07. The number of aromatic nitrogens is 2. The number of aryl methyl sites for hydroxylation is 1. The maximum Gasteiger partial charge on any atom is 0.262 e. The van der Waals surface area contributed by atoms with E-state index in [1.807, 2.05) is 25.2 Å². The van der Waals surface area contributed by atoms with Crippen LogP contribution >= 0.6 is 0 Å². The lowest BCUT2D eigenvalue weighted by molar-refractivity contribution is -0.118. The third-order valence-corrected chi connectivity index (χ3v) is 2.81. The zero-order valence-electron chi connectivity index (χ0n) is 9.80. The minimum Gasteiger partial charge on any atom is -0.482 e. The van der Waals surface area contributed by atoms with Crippen molar-refractivity contribution in [3.05, 3.63) is 24.3 Å². The van der Waals surface area contributed by atoms with Crippen molar-refractivity contribution in [1.82, 2.24) is 9.78 Å². The van der Waals surface area contributed by atoms with Gasteiger partial charge < -0.3 is 15.8 Å². The first-order chi connectivity index (χ1) is 8.63. The Morgan fingerprint density at radius 1 is 1.44 bits per heavy atom. The van der Waals surface area contributed by atoms with Crippen LogP contribution in [0.15, 0.2) is 24.3 Å². The Morgan fingerprint density at radius 3 is 3.00 bits per heavy atom. The van der Waals surface area contributed by atoms with Crippen molar-refractivity contribution in [1.29, 1.82) is 0 Å². The van der Waals surface area contributed by atoms with E-state index in [0.29, 0.717) is 17.3 Å². The van der Waals surface area contributed by atoms with Gasteiger partial charge in [0.25, 0.3) is 5.91 Å². The van der Waals surface area contributed by atoms with E-state index in [9.17, 15) is 4.79 Å². The standard InChI is InChI=1S/C12H12N4O2/c1-16-9(5-11(13)15-16)7-2-3-10-8(4-7)14-12(17)6-18-10/h2-5H,6H2,1H3,(H2,13,15)(H,14,17). The van der Waals surface area contributed by atoms with Crippen LogP contribution in [-0.4, -0.2) is 22.3 Å². The second-order valence-electron chi connectivity index (χ2n) is 4.13. The highest BCUT2D eigenvalue weighted by Crippen LogP contribution is 2.32. The molecule has 6 nitrogen and oxygen atoms in total. The van der Waals surface area contributed by atoms with Gasteiger partial charge in [0.2, 0.25) is 0 Å². The van der Waals surface area contributed by atoms with E-state index >= 15 is 0 Å². The zero-order valence-corrected chi connectivity index (χ0v) is 9.80. The second kappa shape index (κ2) is 3.76. The minimum absolute atomic E-state index is 0.0605. The molecule has 0 radical (unpaired) electrons. The first-order valence-corrected chi connectivity index (χ1v) is 5.50. The molecular formula is C12H12N4O2. The van der Waals surface area contributed by atoms with Crippen LogP contribution in [0.25, 0.3) is 11.3 Å². The van der Waals surface area contributed by atoms with Crippen LogP contribution in [0.5, 0.6) is 5.75 Å². The molecule has 1 aliphatic rings. The van der Waals surface area contributed by atoms with Crippen molar-refractivity contribution < 1.29 is 9.53 Å². The first-order valence-electron chi connectivity index (χ1n) is 5.50. The molecule has 92 valence electrons. The highest BCUT2D eigenvalue weighted by Gasteiger charge is 2.17. The highest BCUT2D eigenvalue weighted by atomic mass is 16.5. The highest BCUT2D eigenvalue weighted by molar-refractivity contribution is 5.96. The molecule has 0 fully saturated rings. The molecule has 0 bridgehead atoms. The van der Waals surface area contributed by atoms with E-state index in [-0.39, 0.29) is 12.5 Å². The molecular weight excluding hydrogens is 232 g/mol. The molecule has 2 heterocycles. The average Bonchev–Trinajstić information content (AvgIpc) is 2.67. The average molecular weight is 244 g/mol. The van der Waals surface area contributed by atoms with Gasteiger partial charge in [-0.1, -0.05) is 0 Å². The molecule has 0 spiro atoms. The smallest absolute Gasteiger partial charge is 0.262 e. The molecule has 3 rings (SSSR count). The van der Waals surface area contributed by atoms with E-state index < -0.39 is 0 Å². The molecule has 1 aromatic carbocycles. The van der Waals surface area contributed by atoms with Gasteiger partial charge in [0.05, 0.1) is 11.4 Å². The molecule has 1 aliphatic heterocycles. The molecule has 0 aliphatic carbocycles. The molecule has 1 amide bonds. The minimum atomic E-state index is -0.149. The number of nitrogen functional groups attached to an aromatic ring is 1. The number of fused-ring (bicyclic) bond motifs is 1. The topological polar surface area (TPSA) is 82.2 Å². The van der Waals surface area contributed by atoms with Crippen molar-refractivity contribution in [2.75, 3.05) is 17.7 Å². The van der Waals surface area contributed by atoms with Gasteiger partial charge in [-0.15, -0.1) is 0 Å². The molecule has 2 aromatic rings. The molecule has 0 saturated carbocycles. The fourth-order valence-corrected chi connectivity index (χ4v) is 2.00. The predicted molar refractivity (Wildman–Crippen MR) is 67.2 cm³/mol. The van der Waals surface area contributed by atoms with E-state index in [4.69, 9.17) is 10.5 Å². The van der Waals surface area contributed by atoms with E-state index in [0.717, 1.165) is 11.3 Å². The van der Waals surface area contributed by atoms with Crippen LogP contribution in [0.2, 0.25) is 0 Å². The molecule has 3 N–H and O–H groups in total. The number of benzene rings is 1. The van der Waals surface area contributed by atoms with Gasteiger partial charge in [-0.25, -0.2) is 0 Å². The Morgan fingerprint density at radius 2 is 2.28 bits per heavy atom. The van der Waals surface area contributed by atoms with Crippen molar-refractivity contribution in [3.8, 4) is 17.0 Å². The van der Waals surface area contributed by atoms with Crippen LogP contribution in [0.1, 0.15) is 0 Å². The number of rotatable bonds is 1.